The second kappa shape index (κ2) is 10.2. The molecule has 0 atom stereocenters. The molecule has 0 aliphatic carbocycles. The van der Waals surface area contributed by atoms with Gasteiger partial charge in [0.05, 0.1) is 36.3 Å². The van der Waals surface area contributed by atoms with E-state index in [1.165, 1.54) is 5.69 Å². The Morgan fingerprint density at radius 2 is 1.70 bits per heavy atom. The lowest BCUT2D eigenvalue weighted by molar-refractivity contribution is 0.122. The van der Waals surface area contributed by atoms with Gasteiger partial charge in [0.1, 0.15) is 0 Å². The molecule has 2 aromatic heterocycles. The first kappa shape index (κ1) is 25.4. The van der Waals surface area contributed by atoms with Crippen LogP contribution in [-0.2, 0) is 4.74 Å². The van der Waals surface area contributed by atoms with E-state index in [1.54, 1.807) is 19.1 Å². The predicted molar refractivity (Wildman–Crippen MR) is 152 cm³/mol. The lowest BCUT2D eigenvalue weighted by atomic mass is 10.1. The Bertz CT molecular complexity index is 1390. The first-order valence-electron chi connectivity index (χ1n) is 12.4. The van der Waals surface area contributed by atoms with E-state index in [0.717, 1.165) is 59.0 Å². The molecule has 3 heterocycles. The van der Waals surface area contributed by atoms with Crippen molar-refractivity contribution < 1.29 is 9.47 Å². The molecule has 8 nitrogen and oxygen atoms in total. The van der Waals surface area contributed by atoms with Crippen LogP contribution in [0.15, 0.2) is 59.6 Å². The van der Waals surface area contributed by atoms with E-state index in [4.69, 9.17) is 15.2 Å². The smallest absolute Gasteiger partial charge is 0.228 e. The number of morpholine rings is 1. The maximum atomic E-state index is 6.40. The van der Waals surface area contributed by atoms with Gasteiger partial charge in [-0.1, -0.05) is 6.07 Å². The Hall–Kier alpha value is -3.27. The Balaban J connectivity index is 1.50. The van der Waals surface area contributed by atoms with Gasteiger partial charge in [0.2, 0.25) is 11.8 Å². The van der Waals surface area contributed by atoms with E-state index in [1.807, 2.05) is 16.8 Å². The van der Waals surface area contributed by atoms with Crippen LogP contribution in [0, 0.1) is 0 Å². The highest BCUT2D eigenvalue weighted by molar-refractivity contribution is 7.97. The van der Waals surface area contributed by atoms with E-state index in [2.05, 4.69) is 89.5 Å². The number of rotatable bonds is 6. The lowest BCUT2D eigenvalue weighted by Gasteiger charge is -2.30. The molecule has 0 saturated carbocycles. The monoisotopic (exact) mass is 518 g/mol. The number of aromatic nitrogens is 3. The van der Waals surface area contributed by atoms with Gasteiger partial charge in [0, 0.05) is 41.8 Å². The summed E-state index contributed by atoms with van der Waals surface area (Å²) in [5, 5.41) is 0. The number of nitrogens with two attached hydrogens (primary N) is 1. The third-order valence-electron chi connectivity index (χ3n) is 6.69. The van der Waals surface area contributed by atoms with Crippen molar-refractivity contribution in [3.05, 3.63) is 54.7 Å². The fraction of sp³-hybridized carbons (Fsp3) is 0.357. The normalized spacial score (nSPS) is 14.5. The highest BCUT2D eigenvalue weighted by Gasteiger charge is 2.21. The van der Waals surface area contributed by atoms with Gasteiger partial charge in [-0.05, 0) is 87.8 Å². The molecule has 1 fully saturated rings. The van der Waals surface area contributed by atoms with E-state index < -0.39 is 0 Å². The van der Waals surface area contributed by atoms with Gasteiger partial charge in [-0.15, -0.1) is 0 Å². The predicted octanol–water partition coefficient (Wildman–Crippen LogP) is 5.25. The maximum Gasteiger partial charge on any atom is 0.228 e. The molecule has 0 radical (unpaired) electrons. The zero-order chi connectivity index (χ0) is 26.2. The Morgan fingerprint density at radius 3 is 2.38 bits per heavy atom. The Labute approximate surface area is 222 Å². The standard InChI is InChI=1S/C28H34N6O2S/c1-28(2,3)32(4)37-25-17-20(18-30-26(25)35-5)19-6-11-23-24(16-19)34(27(29)31-23)22-9-7-21(8-10-22)33-12-14-36-15-13-33/h6-11,16-18H,12-15H2,1-5H3,(H2,29,31). The highest BCUT2D eigenvalue weighted by atomic mass is 32.2. The van der Waals surface area contributed by atoms with Crippen LogP contribution >= 0.6 is 11.9 Å². The minimum Gasteiger partial charge on any atom is -0.480 e. The molecule has 0 bridgehead atoms. The summed E-state index contributed by atoms with van der Waals surface area (Å²) in [4.78, 5) is 12.5. The number of anilines is 2. The molecule has 0 amide bonds. The van der Waals surface area contributed by atoms with E-state index in [9.17, 15) is 0 Å². The quantitative estimate of drug-likeness (QED) is 0.347. The average Bonchev–Trinajstić information content (AvgIpc) is 3.23. The van der Waals surface area contributed by atoms with Crippen molar-refractivity contribution in [3.8, 4) is 22.7 Å². The largest absolute Gasteiger partial charge is 0.480 e. The molecule has 9 heteroatoms. The summed E-state index contributed by atoms with van der Waals surface area (Å²) >= 11 is 1.63. The first-order valence-corrected chi connectivity index (χ1v) is 13.2. The van der Waals surface area contributed by atoms with Crippen molar-refractivity contribution in [1.29, 1.82) is 0 Å². The fourth-order valence-electron chi connectivity index (χ4n) is 4.27. The van der Waals surface area contributed by atoms with Gasteiger partial charge in [0.25, 0.3) is 0 Å². The number of hydrogen-bond donors (Lipinski definition) is 1. The summed E-state index contributed by atoms with van der Waals surface area (Å²) in [6.45, 7) is 9.86. The Morgan fingerprint density at radius 1 is 1.00 bits per heavy atom. The molecule has 1 aliphatic heterocycles. The van der Waals surface area contributed by atoms with Crippen LogP contribution in [0.4, 0.5) is 11.6 Å². The summed E-state index contributed by atoms with van der Waals surface area (Å²) in [6, 6.07) is 16.8. The van der Waals surface area contributed by atoms with E-state index >= 15 is 0 Å². The van der Waals surface area contributed by atoms with Crippen LogP contribution in [0.5, 0.6) is 5.88 Å². The van der Waals surface area contributed by atoms with Gasteiger partial charge in [0.15, 0.2) is 0 Å². The van der Waals surface area contributed by atoms with Crippen molar-refractivity contribution in [2.24, 2.45) is 0 Å². The zero-order valence-electron chi connectivity index (χ0n) is 22.1. The number of imidazole rings is 1. The molecule has 4 aromatic rings. The summed E-state index contributed by atoms with van der Waals surface area (Å²) in [5.74, 6) is 1.07. The van der Waals surface area contributed by atoms with Crippen LogP contribution in [0.1, 0.15) is 20.8 Å². The zero-order valence-corrected chi connectivity index (χ0v) is 22.9. The number of hydrogen-bond acceptors (Lipinski definition) is 8. The minimum atomic E-state index is -0.00799. The Kier molecular flexibility index (Phi) is 7.02. The second-order valence-corrected chi connectivity index (χ2v) is 11.3. The van der Waals surface area contributed by atoms with Crippen molar-refractivity contribution >= 4 is 34.6 Å². The molecular formula is C28H34N6O2S. The summed E-state index contributed by atoms with van der Waals surface area (Å²) in [6.07, 6.45) is 1.85. The maximum absolute atomic E-state index is 6.40. The third-order valence-corrected chi connectivity index (χ3v) is 8.00. The molecule has 5 rings (SSSR count). The molecular weight excluding hydrogens is 484 g/mol. The van der Waals surface area contributed by atoms with Crippen LogP contribution in [0.2, 0.25) is 0 Å². The van der Waals surface area contributed by atoms with Gasteiger partial charge in [-0.2, -0.15) is 0 Å². The third kappa shape index (κ3) is 5.25. The minimum absolute atomic E-state index is 0.00799. The number of fused-ring (bicyclic) bond motifs is 1. The molecule has 0 unspecified atom stereocenters. The molecule has 1 aliphatic rings. The fourth-order valence-corrected chi connectivity index (χ4v) is 5.23. The molecule has 37 heavy (non-hydrogen) atoms. The highest BCUT2D eigenvalue weighted by Crippen LogP contribution is 2.37. The summed E-state index contributed by atoms with van der Waals surface area (Å²) in [7, 11) is 3.73. The van der Waals surface area contributed by atoms with Crippen molar-refractivity contribution in [1.82, 2.24) is 18.8 Å². The SMILES string of the molecule is COc1ncc(-c2ccc3nc(N)n(-c4ccc(N5CCOCC5)cc4)c3c2)cc1SN(C)C(C)(C)C. The lowest BCUT2D eigenvalue weighted by Crippen LogP contribution is -2.36. The topological polar surface area (TPSA) is 81.7 Å². The van der Waals surface area contributed by atoms with Crippen molar-refractivity contribution in [2.45, 2.75) is 31.2 Å². The number of pyridine rings is 1. The van der Waals surface area contributed by atoms with E-state index in [0.29, 0.717) is 11.8 Å². The van der Waals surface area contributed by atoms with Gasteiger partial charge in [-0.25, -0.2) is 14.3 Å². The first-order chi connectivity index (χ1) is 17.7. The number of ether oxygens (including phenoxy) is 2. The van der Waals surface area contributed by atoms with Gasteiger partial charge < -0.3 is 20.1 Å². The number of nitrogens with zero attached hydrogens (tertiary/aromatic N) is 5. The molecule has 2 aromatic carbocycles. The van der Waals surface area contributed by atoms with E-state index in [-0.39, 0.29) is 5.54 Å². The van der Waals surface area contributed by atoms with Crippen LogP contribution in [0.25, 0.3) is 27.8 Å². The van der Waals surface area contributed by atoms with Gasteiger partial charge >= 0.3 is 0 Å². The van der Waals surface area contributed by atoms with Crippen LogP contribution in [-0.4, -0.2) is 64.8 Å². The number of methoxy groups -OCH3 is 1. The second-order valence-electron chi connectivity index (χ2n) is 10.1. The molecule has 2 N–H and O–H groups in total. The summed E-state index contributed by atoms with van der Waals surface area (Å²) < 4.78 is 15.2. The van der Waals surface area contributed by atoms with Crippen LogP contribution in [0.3, 0.4) is 0 Å². The average molecular weight is 519 g/mol. The van der Waals surface area contributed by atoms with Crippen LogP contribution < -0.4 is 15.4 Å². The van der Waals surface area contributed by atoms with Gasteiger partial charge in [-0.3, -0.25) is 4.57 Å². The van der Waals surface area contributed by atoms with Crippen molar-refractivity contribution in [3.63, 3.8) is 0 Å². The summed E-state index contributed by atoms with van der Waals surface area (Å²) in [5.41, 5.74) is 12.4. The van der Waals surface area contributed by atoms with Crippen molar-refractivity contribution in [2.75, 3.05) is 51.1 Å². The molecule has 194 valence electrons. The molecule has 1 saturated heterocycles. The number of nitrogen functional groups attached to an aromatic ring is 1. The molecule has 0 spiro atoms. The number of benzene rings is 2.